The number of carbonyl (C=O) groups is 1. The number of nitrogens with one attached hydrogen (secondary N) is 1. The Morgan fingerprint density at radius 1 is 1.12 bits per heavy atom. The first kappa shape index (κ1) is 17.1. The largest absolute Gasteiger partial charge is 0.350 e. The summed E-state index contributed by atoms with van der Waals surface area (Å²) in [6.45, 7) is 0.619. The van der Waals surface area contributed by atoms with Gasteiger partial charge in [0.1, 0.15) is 0 Å². The van der Waals surface area contributed by atoms with Crippen LogP contribution in [0.4, 0.5) is 0 Å². The number of nitrogens with zero attached hydrogens (tertiary/aromatic N) is 3. The Balaban J connectivity index is 1.60. The number of benzene rings is 2. The van der Waals surface area contributed by atoms with E-state index in [1.807, 2.05) is 36.4 Å². The number of hydrogen-bond donors (Lipinski definition) is 1. The summed E-state index contributed by atoms with van der Waals surface area (Å²) < 4.78 is 1.45. The predicted molar refractivity (Wildman–Crippen MR) is 97.4 cm³/mol. The highest BCUT2D eigenvalue weighted by Gasteiger charge is 2.06. The summed E-state index contributed by atoms with van der Waals surface area (Å²) in [6, 6.07) is 19.3. The summed E-state index contributed by atoms with van der Waals surface area (Å²) in [5, 5.41) is 11.5. The second-order valence-electron chi connectivity index (χ2n) is 5.62. The molecule has 0 aliphatic rings. The normalized spacial score (nSPS) is 10.1. The van der Waals surface area contributed by atoms with Crippen molar-refractivity contribution in [1.29, 1.82) is 5.26 Å². The average molecular weight is 344 g/mol. The number of hydrogen-bond acceptors (Lipinski definition) is 4. The predicted octanol–water partition coefficient (Wildman–Crippen LogP) is 2.21. The Morgan fingerprint density at radius 3 is 2.50 bits per heavy atom. The van der Waals surface area contributed by atoms with Crippen molar-refractivity contribution in [3.63, 3.8) is 0 Å². The summed E-state index contributed by atoms with van der Waals surface area (Å²) in [5.74, 6) is -0.253. The first-order chi connectivity index (χ1) is 12.7. The highest BCUT2D eigenvalue weighted by Crippen LogP contribution is 2.13. The van der Waals surface area contributed by atoms with E-state index in [1.54, 1.807) is 24.3 Å². The summed E-state index contributed by atoms with van der Waals surface area (Å²) in [7, 11) is 0. The second kappa shape index (κ2) is 7.90. The quantitative estimate of drug-likeness (QED) is 0.769. The topological polar surface area (TPSA) is 87.8 Å². The van der Waals surface area contributed by atoms with Crippen LogP contribution < -0.4 is 10.9 Å². The Bertz CT molecular complexity index is 1000. The Labute approximate surface area is 150 Å². The minimum absolute atomic E-state index is 0.175. The monoisotopic (exact) mass is 344 g/mol. The summed E-state index contributed by atoms with van der Waals surface area (Å²) in [6.07, 6.45) is 1.48. The molecule has 0 fully saturated rings. The molecule has 6 heteroatoms. The minimum Gasteiger partial charge on any atom is -0.350 e. The number of aromatic nitrogens is 2. The standard InChI is InChI=1S/C20H16N4O2/c21-13-15-6-8-17(9-7-15)20(26)22-10-11-24-14-23-18(12-19(24)25)16-4-2-1-3-5-16/h1-9,12,14H,10-11H2,(H,22,26). The summed E-state index contributed by atoms with van der Waals surface area (Å²) >= 11 is 0. The maximum absolute atomic E-state index is 12.2. The zero-order valence-corrected chi connectivity index (χ0v) is 13.9. The highest BCUT2D eigenvalue weighted by molar-refractivity contribution is 5.94. The number of carbonyl (C=O) groups excluding carboxylic acids is 1. The molecular formula is C20H16N4O2. The van der Waals surface area contributed by atoms with Crippen molar-refractivity contribution in [3.05, 3.63) is 88.5 Å². The van der Waals surface area contributed by atoms with Gasteiger partial charge in [-0.15, -0.1) is 0 Å². The molecule has 2 aromatic carbocycles. The molecule has 0 aliphatic heterocycles. The molecule has 0 spiro atoms. The van der Waals surface area contributed by atoms with Crippen LogP contribution in [-0.4, -0.2) is 22.0 Å². The molecule has 6 nitrogen and oxygen atoms in total. The van der Waals surface area contributed by atoms with E-state index in [2.05, 4.69) is 10.3 Å². The van der Waals surface area contributed by atoms with Gasteiger partial charge in [0.2, 0.25) is 0 Å². The van der Waals surface area contributed by atoms with E-state index in [1.165, 1.54) is 17.0 Å². The fraction of sp³-hybridized carbons (Fsp3) is 0.100. The molecule has 26 heavy (non-hydrogen) atoms. The van der Waals surface area contributed by atoms with E-state index in [9.17, 15) is 9.59 Å². The lowest BCUT2D eigenvalue weighted by Gasteiger charge is -2.08. The van der Waals surface area contributed by atoms with Crippen LogP contribution >= 0.6 is 0 Å². The molecule has 0 saturated carbocycles. The zero-order chi connectivity index (χ0) is 18.4. The van der Waals surface area contributed by atoms with Crippen molar-refractivity contribution in [2.75, 3.05) is 6.54 Å². The third-order valence-electron chi connectivity index (χ3n) is 3.86. The van der Waals surface area contributed by atoms with Gasteiger partial charge in [0.25, 0.3) is 11.5 Å². The minimum atomic E-state index is -0.253. The first-order valence-electron chi connectivity index (χ1n) is 8.07. The van der Waals surface area contributed by atoms with Gasteiger partial charge in [-0.2, -0.15) is 5.26 Å². The van der Waals surface area contributed by atoms with E-state index < -0.39 is 0 Å². The van der Waals surface area contributed by atoms with Crippen molar-refractivity contribution >= 4 is 5.91 Å². The summed E-state index contributed by atoms with van der Waals surface area (Å²) in [4.78, 5) is 28.6. The molecule has 0 unspecified atom stereocenters. The van der Waals surface area contributed by atoms with Crippen molar-refractivity contribution < 1.29 is 4.79 Å². The van der Waals surface area contributed by atoms with Gasteiger partial charge in [0.05, 0.1) is 23.7 Å². The zero-order valence-electron chi connectivity index (χ0n) is 13.9. The second-order valence-corrected chi connectivity index (χ2v) is 5.62. The molecule has 0 radical (unpaired) electrons. The molecule has 1 amide bonds. The molecule has 1 aromatic heterocycles. The molecular weight excluding hydrogens is 328 g/mol. The fourth-order valence-corrected chi connectivity index (χ4v) is 2.45. The van der Waals surface area contributed by atoms with Gasteiger partial charge in [-0.1, -0.05) is 30.3 Å². The average Bonchev–Trinajstić information content (AvgIpc) is 2.69. The lowest BCUT2D eigenvalue weighted by molar-refractivity contribution is 0.0952. The van der Waals surface area contributed by atoms with Gasteiger partial charge in [-0.3, -0.25) is 14.2 Å². The molecule has 0 bridgehead atoms. The van der Waals surface area contributed by atoms with Crippen LogP contribution in [0.5, 0.6) is 0 Å². The van der Waals surface area contributed by atoms with Gasteiger partial charge < -0.3 is 5.32 Å². The fourth-order valence-electron chi connectivity index (χ4n) is 2.45. The SMILES string of the molecule is N#Cc1ccc(C(=O)NCCn2cnc(-c3ccccc3)cc2=O)cc1. The smallest absolute Gasteiger partial charge is 0.253 e. The summed E-state index contributed by atoms with van der Waals surface area (Å²) in [5.41, 5.74) is 2.29. The van der Waals surface area contributed by atoms with Crippen molar-refractivity contribution in [2.24, 2.45) is 0 Å². The molecule has 1 heterocycles. The van der Waals surface area contributed by atoms with Gasteiger partial charge in [-0.05, 0) is 24.3 Å². The van der Waals surface area contributed by atoms with Crippen LogP contribution in [0.25, 0.3) is 11.3 Å². The number of nitriles is 1. The van der Waals surface area contributed by atoms with E-state index in [0.29, 0.717) is 29.9 Å². The Hall–Kier alpha value is -3.72. The number of amides is 1. The molecule has 1 N–H and O–H groups in total. The third kappa shape index (κ3) is 4.02. The lowest BCUT2D eigenvalue weighted by atomic mass is 10.1. The van der Waals surface area contributed by atoms with Crippen LogP contribution in [0.2, 0.25) is 0 Å². The first-order valence-corrected chi connectivity index (χ1v) is 8.07. The third-order valence-corrected chi connectivity index (χ3v) is 3.86. The van der Waals surface area contributed by atoms with Gasteiger partial charge in [0, 0.05) is 30.3 Å². The van der Waals surface area contributed by atoms with E-state index >= 15 is 0 Å². The van der Waals surface area contributed by atoms with Gasteiger partial charge in [-0.25, -0.2) is 4.98 Å². The van der Waals surface area contributed by atoms with Gasteiger partial charge >= 0.3 is 0 Å². The lowest BCUT2D eigenvalue weighted by Crippen LogP contribution is -2.30. The number of rotatable bonds is 5. The molecule has 3 aromatic rings. The van der Waals surface area contributed by atoms with E-state index in [-0.39, 0.29) is 11.5 Å². The molecule has 0 saturated heterocycles. The molecule has 128 valence electrons. The van der Waals surface area contributed by atoms with Gasteiger partial charge in [0.15, 0.2) is 0 Å². The van der Waals surface area contributed by atoms with Crippen molar-refractivity contribution in [2.45, 2.75) is 6.54 Å². The molecule has 0 aliphatic carbocycles. The maximum atomic E-state index is 12.2. The van der Waals surface area contributed by atoms with Crippen LogP contribution in [0.15, 0.2) is 71.8 Å². The molecule has 0 atom stereocenters. The van der Waals surface area contributed by atoms with E-state index in [4.69, 9.17) is 5.26 Å². The highest BCUT2D eigenvalue weighted by atomic mass is 16.1. The van der Waals surface area contributed by atoms with E-state index in [0.717, 1.165) is 5.56 Å². The maximum Gasteiger partial charge on any atom is 0.253 e. The Kier molecular flexibility index (Phi) is 5.20. The Morgan fingerprint density at radius 2 is 1.85 bits per heavy atom. The van der Waals surface area contributed by atoms with Crippen LogP contribution in [0, 0.1) is 11.3 Å². The van der Waals surface area contributed by atoms with Crippen LogP contribution in [-0.2, 0) is 6.54 Å². The van der Waals surface area contributed by atoms with Crippen molar-refractivity contribution in [1.82, 2.24) is 14.9 Å². The van der Waals surface area contributed by atoms with Crippen LogP contribution in [0.3, 0.4) is 0 Å². The molecule has 3 rings (SSSR count). The van der Waals surface area contributed by atoms with Crippen molar-refractivity contribution in [3.8, 4) is 17.3 Å². The van der Waals surface area contributed by atoms with Crippen LogP contribution in [0.1, 0.15) is 15.9 Å².